The maximum Gasteiger partial charge on any atom is 0.407 e. The fraction of sp³-hybridized carbons (Fsp3) is 0.423. The van der Waals surface area contributed by atoms with Gasteiger partial charge in [-0.15, -0.1) is 0 Å². The molecule has 33 heavy (non-hydrogen) atoms. The predicted octanol–water partition coefficient (Wildman–Crippen LogP) is 4.16. The molecule has 2 N–H and O–H groups in total. The molecule has 0 aromatic heterocycles. The van der Waals surface area contributed by atoms with Crippen LogP contribution in [0.2, 0.25) is 0 Å². The molecule has 0 radical (unpaired) electrons. The van der Waals surface area contributed by atoms with Gasteiger partial charge in [-0.25, -0.2) is 4.79 Å². The first-order chi connectivity index (χ1) is 16.0. The summed E-state index contributed by atoms with van der Waals surface area (Å²) >= 11 is 0. The molecule has 7 heteroatoms. The van der Waals surface area contributed by atoms with Crippen molar-refractivity contribution in [2.75, 3.05) is 13.2 Å². The molecule has 4 rings (SSSR count). The molecule has 2 aromatic rings. The topological polar surface area (TPSA) is 95.9 Å². The standard InChI is InChI=1S/C26H30N2O5/c1-2-8-23(25(31)28-14-7-9-17(28)15-24(29)30)27-26(32)33-16-22-20-12-5-3-10-18(20)19-11-4-6-13-21(19)22/h3-6,10-13,17,22-23H,2,7-9,14-16H2,1H3,(H,27,32)(H,29,30)/t17-,23+/m0/s1. The van der Waals surface area contributed by atoms with Crippen molar-refractivity contribution in [3.8, 4) is 11.1 Å². The van der Waals surface area contributed by atoms with E-state index in [4.69, 9.17) is 9.84 Å². The van der Waals surface area contributed by atoms with E-state index >= 15 is 0 Å². The van der Waals surface area contributed by atoms with E-state index in [0.717, 1.165) is 28.7 Å². The second-order valence-corrected chi connectivity index (χ2v) is 8.74. The smallest absolute Gasteiger partial charge is 0.407 e. The highest BCUT2D eigenvalue weighted by Gasteiger charge is 2.35. The van der Waals surface area contributed by atoms with Crippen molar-refractivity contribution in [1.82, 2.24) is 10.2 Å². The highest BCUT2D eigenvalue weighted by Crippen LogP contribution is 2.44. The second-order valence-electron chi connectivity index (χ2n) is 8.74. The molecule has 2 amide bonds. The highest BCUT2D eigenvalue weighted by molar-refractivity contribution is 5.86. The Morgan fingerprint density at radius 3 is 2.33 bits per heavy atom. The van der Waals surface area contributed by atoms with Gasteiger partial charge in [0.15, 0.2) is 0 Å². The number of fused-ring (bicyclic) bond motifs is 3. The molecular weight excluding hydrogens is 420 g/mol. The van der Waals surface area contributed by atoms with Crippen LogP contribution in [0.5, 0.6) is 0 Å². The van der Waals surface area contributed by atoms with Crippen LogP contribution >= 0.6 is 0 Å². The van der Waals surface area contributed by atoms with Gasteiger partial charge in [-0.2, -0.15) is 0 Å². The van der Waals surface area contributed by atoms with E-state index in [9.17, 15) is 14.4 Å². The Hall–Kier alpha value is -3.35. The first-order valence-corrected chi connectivity index (χ1v) is 11.6. The van der Waals surface area contributed by atoms with Crippen molar-refractivity contribution in [3.05, 3.63) is 59.7 Å². The monoisotopic (exact) mass is 450 g/mol. The number of likely N-dealkylation sites (tertiary alicyclic amines) is 1. The maximum atomic E-state index is 13.1. The Morgan fingerprint density at radius 2 is 1.73 bits per heavy atom. The van der Waals surface area contributed by atoms with Gasteiger partial charge in [-0.05, 0) is 41.5 Å². The minimum Gasteiger partial charge on any atom is -0.481 e. The third kappa shape index (κ3) is 4.87. The molecule has 0 unspecified atom stereocenters. The summed E-state index contributed by atoms with van der Waals surface area (Å²) < 4.78 is 5.61. The molecule has 1 heterocycles. The summed E-state index contributed by atoms with van der Waals surface area (Å²) in [5.74, 6) is -1.20. The Morgan fingerprint density at radius 1 is 1.09 bits per heavy atom. The van der Waals surface area contributed by atoms with Crippen molar-refractivity contribution < 1.29 is 24.2 Å². The van der Waals surface area contributed by atoms with Crippen LogP contribution in [-0.2, 0) is 14.3 Å². The van der Waals surface area contributed by atoms with E-state index < -0.39 is 18.1 Å². The normalized spacial score (nSPS) is 17.8. The number of aliphatic carboxylic acids is 1. The van der Waals surface area contributed by atoms with Crippen LogP contribution in [0.3, 0.4) is 0 Å². The van der Waals surface area contributed by atoms with Gasteiger partial charge in [0.2, 0.25) is 5.91 Å². The van der Waals surface area contributed by atoms with Crippen LogP contribution < -0.4 is 5.32 Å². The molecule has 2 aliphatic rings. The molecule has 2 aromatic carbocycles. The summed E-state index contributed by atoms with van der Waals surface area (Å²) in [6.07, 6.45) is 1.92. The predicted molar refractivity (Wildman–Crippen MR) is 124 cm³/mol. The van der Waals surface area contributed by atoms with Crippen LogP contribution in [0.4, 0.5) is 4.79 Å². The summed E-state index contributed by atoms with van der Waals surface area (Å²) in [6, 6.07) is 15.2. The SMILES string of the molecule is CCC[C@@H](NC(=O)OCC1c2ccccc2-c2ccccc21)C(=O)N1CCC[C@H]1CC(=O)O. The van der Waals surface area contributed by atoms with Crippen molar-refractivity contribution in [2.24, 2.45) is 0 Å². The van der Waals surface area contributed by atoms with Gasteiger partial charge < -0.3 is 20.1 Å². The quantitative estimate of drug-likeness (QED) is 0.630. The molecule has 1 fully saturated rings. The lowest BCUT2D eigenvalue weighted by Gasteiger charge is -2.28. The van der Waals surface area contributed by atoms with E-state index in [1.54, 1.807) is 4.90 Å². The lowest BCUT2D eigenvalue weighted by atomic mass is 9.98. The minimum atomic E-state index is -0.920. The summed E-state index contributed by atoms with van der Waals surface area (Å²) in [4.78, 5) is 38.6. The van der Waals surface area contributed by atoms with Gasteiger partial charge in [0.1, 0.15) is 12.6 Å². The van der Waals surface area contributed by atoms with E-state index in [1.165, 1.54) is 0 Å². The zero-order chi connectivity index (χ0) is 23.4. The van der Waals surface area contributed by atoms with Gasteiger partial charge in [-0.3, -0.25) is 9.59 Å². The number of carboxylic acids is 1. The van der Waals surface area contributed by atoms with E-state index in [1.807, 2.05) is 31.2 Å². The third-order valence-electron chi connectivity index (χ3n) is 6.58. The molecule has 0 saturated carbocycles. The van der Waals surface area contributed by atoms with Gasteiger partial charge >= 0.3 is 12.1 Å². The van der Waals surface area contributed by atoms with Crippen molar-refractivity contribution in [1.29, 1.82) is 0 Å². The fourth-order valence-corrected chi connectivity index (χ4v) is 5.07. The number of alkyl carbamates (subject to hydrolysis) is 1. The van der Waals surface area contributed by atoms with Crippen molar-refractivity contribution >= 4 is 18.0 Å². The number of hydrogen-bond acceptors (Lipinski definition) is 4. The third-order valence-corrected chi connectivity index (χ3v) is 6.58. The number of carboxylic acid groups (broad SMARTS) is 1. The van der Waals surface area contributed by atoms with Crippen molar-refractivity contribution in [2.45, 2.75) is 57.0 Å². The number of nitrogens with one attached hydrogen (secondary N) is 1. The number of benzene rings is 2. The Balaban J connectivity index is 1.41. The number of amides is 2. The average Bonchev–Trinajstić information content (AvgIpc) is 3.39. The van der Waals surface area contributed by atoms with E-state index in [2.05, 4.69) is 29.6 Å². The van der Waals surface area contributed by atoms with Crippen LogP contribution in [0.25, 0.3) is 11.1 Å². The van der Waals surface area contributed by atoms with E-state index in [-0.39, 0.29) is 30.9 Å². The van der Waals surface area contributed by atoms with E-state index in [0.29, 0.717) is 25.8 Å². The molecule has 1 aliphatic carbocycles. The van der Waals surface area contributed by atoms with Crippen LogP contribution in [-0.4, -0.2) is 53.2 Å². The minimum absolute atomic E-state index is 0.0537. The van der Waals surface area contributed by atoms with Crippen molar-refractivity contribution in [3.63, 3.8) is 0 Å². The molecule has 1 saturated heterocycles. The Labute approximate surface area is 193 Å². The number of carbonyl (C=O) groups is 3. The Kier molecular flexibility index (Phi) is 6.96. The molecular formula is C26H30N2O5. The largest absolute Gasteiger partial charge is 0.481 e. The van der Waals surface area contributed by atoms with Crippen LogP contribution in [0.15, 0.2) is 48.5 Å². The maximum absolute atomic E-state index is 13.1. The first kappa shape index (κ1) is 22.8. The number of rotatable bonds is 8. The second kappa shape index (κ2) is 10.1. The Bertz CT molecular complexity index is 991. The van der Waals surface area contributed by atoms with Crippen LogP contribution in [0.1, 0.15) is 56.1 Å². The number of carbonyl (C=O) groups excluding carboxylic acids is 2. The molecule has 1 aliphatic heterocycles. The number of hydrogen-bond donors (Lipinski definition) is 2. The first-order valence-electron chi connectivity index (χ1n) is 11.6. The molecule has 2 atom stereocenters. The molecule has 0 spiro atoms. The van der Waals surface area contributed by atoms with Crippen LogP contribution in [0, 0.1) is 0 Å². The summed E-state index contributed by atoms with van der Waals surface area (Å²) in [7, 11) is 0. The van der Waals surface area contributed by atoms with Gasteiger partial charge in [0.25, 0.3) is 0 Å². The molecule has 0 bridgehead atoms. The lowest BCUT2D eigenvalue weighted by Crippen LogP contribution is -2.50. The average molecular weight is 451 g/mol. The van der Waals surface area contributed by atoms with Gasteiger partial charge in [-0.1, -0.05) is 61.9 Å². The number of ether oxygens (including phenoxy) is 1. The van der Waals surface area contributed by atoms with Gasteiger partial charge in [0, 0.05) is 18.5 Å². The molecule has 7 nitrogen and oxygen atoms in total. The van der Waals surface area contributed by atoms with Gasteiger partial charge in [0.05, 0.1) is 6.42 Å². The summed E-state index contributed by atoms with van der Waals surface area (Å²) in [6.45, 7) is 2.64. The number of nitrogens with zero attached hydrogens (tertiary/aromatic N) is 1. The fourth-order valence-electron chi connectivity index (χ4n) is 5.07. The summed E-state index contributed by atoms with van der Waals surface area (Å²) in [5, 5.41) is 11.9. The zero-order valence-electron chi connectivity index (χ0n) is 18.8. The lowest BCUT2D eigenvalue weighted by molar-refractivity contribution is -0.140. The summed E-state index contributed by atoms with van der Waals surface area (Å²) in [5.41, 5.74) is 4.56. The zero-order valence-corrected chi connectivity index (χ0v) is 18.8. The molecule has 174 valence electrons. The highest BCUT2D eigenvalue weighted by atomic mass is 16.5.